The number of likely N-dealkylation sites (tertiary alicyclic amines) is 1. The SMILES string of the molecule is CC(O)CN1CCC(CNCc2nc(-c3ccoc3)no2)CC1. The van der Waals surface area contributed by atoms with Gasteiger partial charge in [0.1, 0.15) is 6.26 Å². The Hall–Kier alpha value is -1.70. The van der Waals surface area contributed by atoms with Gasteiger partial charge in [-0.3, -0.25) is 0 Å². The molecule has 0 aromatic carbocycles. The average molecular weight is 320 g/mol. The predicted molar refractivity (Wildman–Crippen MR) is 84.6 cm³/mol. The molecule has 2 aromatic heterocycles. The third kappa shape index (κ3) is 4.63. The van der Waals surface area contributed by atoms with Crippen LogP contribution in [0, 0.1) is 5.92 Å². The third-order valence-electron chi connectivity index (χ3n) is 4.19. The molecule has 0 aliphatic carbocycles. The second kappa shape index (κ2) is 7.72. The van der Waals surface area contributed by atoms with Crippen LogP contribution >= 0.6 is 0 Å². The van der Waals surface area contributed by atoms with E-state index in [4.69, 9.17) is 8.94 Å². The lowest BCUT2D eigenvalue weighted by Gasteiger charge is -2.32. The van der Waals surface area contributed by atoms with E-state index in [1.807, 2.05) is 13.0 Å². The Kier molecular flexibility index (Phi) is 5.43. The predicted octanol–water partition coefficient (Wildman–Crippen LogP) is 1.51. The van der Waals surface area contributed by atoms with Gasteiger partial charge in [-0.15, -0.1) is 0 Å². The van der Waals surface area contributed by atoms with E-state index in [-0.39, 0.29) is 6.10 Å². The normalized spacial score (nSPS) is 18.3. The maximum absolute atomic E-state index is 9.43. The molecule has 0 spiro atoms. The van der Waals surface area contributed by atoms with Gasteiger partial charge in [-0.05, 0) is 51.4 Å². The molecule has 1 aliphatic heterocycles. The van der Waals surface area contributed by atoms with Crippen molar-refractivity contribution in [3.05, 3.63) is 24.5 Å². The number of β-amino-alcohol motifs (C(OH)–C–C–N with tert-alkyl or cyclic N) is 1. The standard InChI is InChI=1S/C16H24N4O3/c1-12(21)10-20-5-2-13(3-6-20)8-17-9-15-18-16(19-23-15)14-4-7-22-11-14/h4,7,11-13,17,21H,2-3,5-6,8-10H2,1H3. The van der Waals surface area contributed by atoms with Gasteiger partial charge < -0.3 is 24.3 Å². The van der Waals surface area contributed by atoms with Crippen molar-refractivity contribution in [2.24, 2.45) is 5.92 Å². The van der Waals surface area contributed by atoms with Gasteiger partial charge in [0.25, 0.3) is 0 Å². The fourth-order valence-electron chi connectivity index (χ4n) is 2.97. The first-order valence-corrected chi connectivity index (χ1v) is 8.17. The van der Waals surface area contributed by atoms with Crippen LogP contribution in [0.4, 0.5) is 0 Å². The second-order valence-electron chi connectivity index (χ2n) is 6.25. The quantitative estimate of drug-likeness (QED) is 0.799. The molecular weight excluding hydrogens is 296 g/mol. The van der Waals surface area contributed by atoms with Crippen LogP contribution in [0.25, 0.3) is 11.4 Å². The minimum Gasteiger partial charge on any atom is -0.472 e. The number of furan rings is 1. The highest BCUT2D eigenvalue weighted by Crippen LogP contribution is 2.17. The lowest BCUT2D eigenvalue weighted by Crippen LogP contribution is -2.40. The first-order chi connectivity index (χ1) is 11.2. The minimum atomic E-state index is -0.244. The number of aliphatic hydroxyl groups excluding tert-OH is 1. The first kappa shape index (κ1) is 16.2. The Balaban J connectivity index is 1.37. The van der Waals surface area contributed by atoms with Gasteiger partial charge in [0.05, 0.1) is 24.5 Å². The fraction of sp³-hybridized carbons (Fsp3) is 0.625. The zero-order valence-electron chi connectivity index (χ0n) is 13.4. The molecule has 1 saturated heterocycles. The highest BCUT2D eigenvalue weighted by atomic mass is 16.5. The van der Waals surface area contributed by atoms with Crippen molar-refractivity contribution in [3.63, 3.8) is 0 Å². The Labute approximate surface area is 135 Å². The molecule has 7 heteroatoms. The molecule has 1 fully saturated rings. The highest BCUT2D eigenvalue weighted by molar-refractivity contribution is 5.51. The molecule has 7 nitrogen and oxygen atoms in total. The van der Waals surface area contributed by atoms with Crippen LogP contribution in [-0.4, -0.2) is 52.4 Å². The average Bonchev–Trinajstić information content (AvgIpc) is 3.19. The largest absolute Gasteiger partial charge is 0.472 e. The van der Waals surface area contributed by atoms with Gasteiger partial charge in [-0.1, -0.05) is 5.16 Å². The summed E-state index contributed by atoms with van der Waals surface area (Å²) in [7, 11) is 0. The summed E-state index contributed by atoms with van der Waals surface area (Å²) in [5.74, 6) is 1.81. The van der Waals surface area contributed by atoms with Crippen molar-refractivity contribution in [2.45, 2.75) is 32.4 Å². The topological polar surface area (TPSA) is 87.6 Å². The van der Waals surface area contributed by atoms with Crippen molar-refractivity contribution in [1.29, 1.82) is 0 Å². The van der Waals surface area contributed by atoms with Crippen LogP contribution in [0.1, 0.15) is 25.7 Å². The van der Waals surface area contributed by atoms with Crippen LogP contribution in [0.15, 0.2) is 27.5 Å². The van der Waals surface area contributed by atoms with E-state index in [0.29, 0.717) is 24.2 Å². The van der Waals surface area contributed by atoms with Crippen molar-refractivity contribution in [1.82, 2.24) is 20.4 Å². The second-order valence-corrected chi connectivity index (χ2v) is 6.25. The van der Waals surface area contributed by atoms with Gasteiger partial charge in [0.2, 0.25) is 11.7 Å². The van der Waals surface area contributed by atoms with Gasteiger partial charge in [-0.25, -0.2) is 0 Å². The molecule has 23 heavy (non-hydrogen) atoms. The molecule has 3 rings (SSSR count). The van der Waals surface area contributed by atoms with E-state index >= 15 is 0 Å². The van der Waals surface area contributed by atoms with E-state index in [9.17, 15) is 5.11 Å². The summed E-state index contributed by atoms with van der Waals surface area (Å²) in [5, 5.41) is 16.8. The van der Waals surface area contributed by atoms with Crippen molar-refractivity contribution in [2.75, 3.05) is 26.2 Å². The van der Waals surface area contributed by atoms with E-state index in [1.165, 1.54) is 0 Å². The number of aromatic nitrogens is 2. The summed E-state index contributed by atoms with van der Waals surface area (Å²) < 4.78 is 10.3. The van der Waals surface area contributed by atoms with E-state index in [1.54, 1.807) is 12.5 Å². The number of nitrogens with one attached hydrogen (secondary N) is 1. The molecule has 0 amide bonds. The minimum absolute atomic E-state index is 0.244. The zero-order valence-corrected chi connectivity index (χ0v) is 13.4. The molecular formula is C16H24N4O3. The van der Waals surface area contributed by atoms with Crippen molar-refractivity contribution in [3.8, 4) is 11.4 Å². The van der Waals surface area contributed by atoms with E-state index in [2.05, 4.69) is 20.4 Å². The molecule has 2 aromatic rings. The molecule has 1 unspecified atom stereocenters. The number of aliphatic hydroxyl groups is 1. The molecule has 0 saturated carbocycles. The van der Waals surface area contributed by atoms with Crippen LogP contribution < -0.4 is 5.32 Å². The number of hydrogen-bond acceptors (Lipinski definition) is 7. The molecule has 0 bridgehead atoms. The summed E-state index contributed by atoms with van der Waals surface area (Å²) in [6.07, 6.45) is 5.26. The Bertz CT molecular complexity index is 574. The Morgan fingerprint density at radius 1 is 1.43 bits per heavy atom. The van der Waals surface area contributed by atoms with Crippen LogP contribution in [0.2, 0.25) is 0 Å². The molecule has 1 atom stereocenters. The molecule has 0 radical (unpaired) electrons. The summed E-state index contributed by atoms with van der Waals surface area (Å²) in [4.78, 5) is 6.67. The monoisotopic (exact) mass is 320 g/mol. The highest BCUT2D eigenvalue weighted by Gasteiger charge is 2.20. The van der Waals surface area contributed by atoms with Gasteiger partial charge in [-0.2, -0.15) is 4.98 Å². The lowest BCUT2D eigenvalue weighted by molar-refractivity contribution is 0.0996. The maximum atomic E-state index is 9.43. The van der Waals surface area contributed by atoms with Gasteiger partial charge in [0, 0.05) is 6.54 Å². The lowest BCUT2D eigenvalue weighted by atomic mass is 9.96. The molecule has 2 N–H and O–H groups in total. The molecule has 126 valence electrons. The van der Waals surface area contributed by atoms with Crippen molar-refractivity contribution < 1.29 is 14.0 Å². The molecule has 3 heterocycles. The van der Waals surface area contributed by atoms with E-state index < -0.39 is 0 Å². The fourth-order valence-corrected chi connectivity index (χ4v) is 2.97. The number of hydrogen-bond donors (Lipinski definition) is 2. The first-order valence-electron chi connectivity index (χ1n) is 8.17. The van der Waals surface area contributed by atoms with Crippen molar-refractivity contribution >= 4 is 0 Å². The van der Waals surface area contributed by atoms with Crippen LogP contribution in [0.5, 0.6) is 0 Å². The number of piperidine rings is 1. The Morgan fingerprint density at radius 2 is 2.26 bits per heavy atom. The summed E-state index contributed by atoms with van der Waals surface area (Å²) in [6, 6.07) is 1.81. The van der Waals surface area contributed by atoms with Gasteiger partial charge in [0.15, 0.2) is 0 Å². The van der Waals surface area contributed by atoms with Gasteiger partial charge >= 0.3 is 0 Å². The summed E-state index contributed by atoms with van der Waals surface area (Å²) >= 11 is 0. The third-order valence-corrected chi connectivity index (χ3v) is 4.19. The number of nitrogens with zero attached hydrogens (tertiary/aromatic N) is 3. The molecule has 1 aliphatic rings. The Morgan fingerprint density at radius 3 is 2.96 bits per heavy atom. The number of rotatable bonds is 7. The summed E-state index contributed by atoms with van der Waals surface area (Å²) in [5.41, 5.74) is 0.825. The maximum Gasteiger partial charge on any atom is 0.240 e. The van der Waals surface area contributed by atoms with E-state index in [0.717, 1.165) is 44.6 Å². The zero-order chi connectivity index (χ0) is 16.1. The van der Waals surface area contributed by atoms with Crippen LogP contribution in [-0.2, 0) is 6.54 Å². The smallest absolute Gasteiger partial charge is 0.240 e. The van der Waals surface area contributed by atoms with Crippen LogP contribution in [0.3, 0.4) is 0 Å². The summed E-state index contributed by atoms with van der Waals surface area (Å²) in [6.45, 7) is 6.27.